The molecule has 1 aromatic carbocycles. The van der Waals surface area contributed by atoms with Crippen molar-refractivity contribution >= 4 is 5.71 Å². The maximum absolute atomic E-state index is 9.21. The van der Waals surface area contributed by atoms with E-state index in [2.05, 4.69) is 10.6 Å². The lowest BCUT2D eigenvalue weighted by Crippen LogP contribution is -2.18. The largest absolute Gasteiger partial charge is 0.399 e. The van der Waals surface area contributed by atoms with Crippen LogP contribution in [0.3, 0.4) is 0 Å². The molecular weight excluding hydrogens is 208 g/mol. The summed E-state index contributed by atoms with van der Waals surface area (Å²) in [5.41, 5.74) is 4.80. The summed E-state index contributed by atoms with van der Waals surface area (Å²) in [7, 11) is 3.14. The first-order chi connectivity index (χ1) is 7.83. The molecular formula is C11H16N2O3. The maximum atomic E-state index is 9.21. The summed E-state index contributed by atoms with van der Waals surface area (Å²) >= 11 is 0. The summed E-state index contributed by atoms with van der Waals surface area (Å²) in [5.74, 6) is 0. The fourth-order valence-electron chi connectivity index (χ4n) is 1.34. The molecule has 1 rings (SSSR count). The van der Waals surface area contributed by atoms with Gasteiger partial charge in [0.15, 0.2) is 0 Å². The topological polar surface area (TPSA) is 63.1 Å². The lowest BCUT2D eigenvalue weighted by molar-refractivity contribution is 0.0866. The molecule has 5 nitrogen and oxygen atoms in total. The number of hydroxylamine groups is 1. The van der Waals surface area contributed by atoms with Crippen molar-refractivity contribution < 1.29 is 14.8 Å². The van der Waals surface area contributed by atoms with E-state index in [4.69, 9.17) is 9.68 Å². The molecule has 0 aliphatic rings. The molecule has 0 radical (unpaired) electrons. The van der Waals surface area contributed by atoms with Gasteiger partial charge < -0.3 is 9.94 Å². The monoisotopic (exact) mass is 224 g/mol. The second kappa shape index (κ2) is 6.95. The van der Waals surface area contributed by atoms with Crippen LogP contribution >= 0.6 is 0 Å². The SMILES string of the molecule is CNOCC(=NOC)c1ccccc1CO. The zero-order chi connectivity index (χ0) is 11.8. The fourth-order valence-corrected chi connectivity index (χ4v) is 1.34. The van der Waals surface area contributed by atoms with E-state index in [1.165, 1.54) is 7.11 Å². The molecule has 88 valence electrons. The van der Waals surface area contributed by atoms with E-state index in [0.29, 0.717) is 5.71 Å². The van der Waals surface area contributed by atoms with Crippen LogP contribution in [0.4, 0.5) is 0 Å². The van der Waals surface area contributed by atoms with E-state index in [-0.39, 0.29) is 13.2 Å². The van der Waals surface area contributed by atoms with Crippen molar-refractivity contribution in [2.75, 3.05) is 20.8 Å². The third-order valence-corrected chi connectivity index (χ3v) is 2.05. The molecule has 0 aromatic heterocycles. The minimum atomic E-state index is -0.0432. The highest BCUT2D eigenvalue weighted by molar-refractivity contribution is 6.02. The van der Waals surface area contributed by atoms with Crippen LogP contribution in [0.25, 0.3) is 0 Å². The molecule has 0 unspecified atom stereocenters. The van der Waals surface area contributed by atoms with Crippen LogP contribution in [0.15, 0.2) is 29.4 Å². The number of aliphatic hydroxyl groups excluding tert-OH is 1. The quantitative estimate of drug-likeness (QED) is 0.551. The van der Waals surface area contributed by atoms with E-state index >= 15 is 0 Å². The Labute approximate surface area is 94.6 Å². The Morgan fingerprint density at radius 1 is 1.44 bits per heavy atom. The van der Waals surface area contributed by atoms with Gasteiger partial charge in [0.1, 0.15) is 19.4 Å². The van der Waals surface area contributed by atoms with Gasteiger partial charge in [-0.2, -0.15) is 0 Å². The Hall–Kier alpha value is -1.43. The van der Waals surface area contributed by atoms with Crippen LogP contribution in [0.5, 0.6) is 0 Å². The van der Waals surface area contributed by atoms with Gasteiger partial charge >= 0.3 is 0 Å². The number of hydrogen-bond acceptors (Lipinski definition) is 5. The second-order valence-corrected chi connectivity index (χ2v) is 3.03. The van der Waals surface area contributed by atoms with Gasteiger partial charge in [0.05, 0.1) is 6.61 Å². The summed E-state index contributed by atoms with van der Waals surface area (Å²) in [4.78, 5) is 9.81. The Morgan fingerprint density at radius 2 is 2.19 bits per heavy atom. The van der Waals surface area contributed by atoms with Crippen LogP contribution in [0.2, 0.25) is 0 Å². The molecule has 0 saturated carbocycles. The molecule has 2 N–H and O–H groups in total. The zero-order valence-electron chi connectivity index (χ0n) is 9.43. The Bertz CT molecular complexity index is 353. The average molecular weight is 224 g/mol. The van der Waals surface area contributed by atoms with Gasteiger partial charge in [0, 0.05) is 12.6 Å². The lowest BCUT2D eigenvalue weighted by atomic mass is 10.0. The third kappa shape index (κ3) is 3.30. The smallest absolute Gasteiger partial charge is 0.115 e. The zero-order valence-corrected chi connectivity index (χ0v) is 9.43. The van der Waals surface area contributed by atoms with Crippen molar-refractivity contribution in [1.29, 1.82) is 0 Å². The summed E-state index contributed by atoms with van der Waals surface area (Å²) in [6, 6.07) is 7.43. The molecule has 1 aromatic rings. The molecule has 0 heterocycles. The molecule has 0 aliphatic carbocycles. The number of benzene rings is 1. The molecule has 0 saturated heterocycles. The Morgan fingerprint density at radius 3 is 2.81 bits per heavy atom. The van der Waals surface area contributed by atoms with E-state index < -0.39 is 0 Å². The number of rotatable bonds is 6. The normalized spacial score (nSPS) is 11.6. The van der Waals surface area contributed by atoms with Gasteiger partial charge in [-0.1, -0.05) is 29.4 Å². The number of aliphatic hydroxyl groups is 1. The highest BCUT2D eigenvalue weighted by Crippen LogP contribution is 2.10. The van der Waals surface area contributed by atoms with Crippen molar-refractivity contribution in [3.05, 3.63) is 35.4 Å². The summed E-state index contributed by atoms with van der Waals surface area (Å²) in [5, 5.41) is 13.1. The van der Waals surface area contributed by atoms with E-state index in [1.807, 2.05) is 24.3 Å². The van der Waals surface area contributed by atoms with Crippen molar-refractivity contribution in [2.45, 2.75) is 6.61 Å². The lowest BCUT2D eigenvalue weighted by Gasteiger charge is -2.09. The molecule has 0 spiro atoms. The van der Waals surface area contributed by atoms with Gasteiger partial charge in [-0.05, 0) is 5.56 Å². The minimum Gasteiger partial charge on any atom is -0.399 e. The predicted molar refractivity (Wildman–Crippen MR) is 60.9 cm³/mol. The van der Waals surface area contributed by atoms with Gasteiger partial charge in [-0.3, -0.25) is 4.84 Å². The number of hydrogen-bond donors (Lipinski definition) is 2. The van der Waals surface area contributed by atoms with Crippen molar-refractivity contribution in [3.63, 3.8) is 0 Å². The Kier molecular flexibility index (Phi) is 5.49. The van der Waals surface area contributed by atoms with Gasteiger partial charge in [-0.15, -0.1) is 0 Å². The van der Waals surface area contributed by atoms with Crippen LogP contribution in [-0.2, 0) is 16.3 Å². The number of nitrogens with zero attached hydrogens (tertiary/aromatic N) is 1. The van der Waals surface area contributed by atoms with Gasteiger partial charge in [-0.25, -0.2) is 5.48 Å². The number of nitrogens with one attached hydrogen (secondary N) is 1. The third-order valence-electron chi connectivity index (χ3n) is 2.05. The van der Waals surface area contributed by atoms with E-state index in [1.54, 1.807) is 7.05 Å². The van der Waals surface area contributed by atoms with Crippen LogP contribution in [0.1, 0.15) is 11.1 Å². The fraction of sp³-hybridized carbons (Fsp3) is 0.364. The van der Waals surface area contributed by atoms with Crippen LogP contribution in [0, 0.1) is 0 Å². The highest BCUT2D eigenvalue weighted by atomic mass is 16.6. The highest BCUT2D eigenvalue weighted by Gasteiger charge is 2.09. The van der Waals surface area contributed by atoms with Gasteiger partial charge in [0.25, 0.3) is 0 Å². The van der Waals surface area contributed by atoms with Crippen LogP contribution < -0.4 is 5.48 Å². The van der Waals surface area contributed by atoms with Crippen molar-refractivity contribution in [1.82, 2.24) is 5.48 Å². The van der Waals surface area contributed by atoms with E-state index in [0.717, 1.165) is 11.1 Å². The van der Waals surface area contributed by atoms with E-state index in [9.17, 15) is 5.11 Å². The van der Waals surface area contributed by atoms with Gasteiger partial charge in [0.2, 0.25) is 0 Å². The summed E-state index contributed by atoms with van der Waals surface area (Å²) < 4.78 is 0. The molecule has 5 heteroatoms. The Balaban J connectivity index is 2.96. The number of oxime groups is 1. The molecule has 0 bridgehead atoms. The first-order valence-corrected chi connectivity index (χ1v) is 4.91. The molecule has 0 aliphatic heterocycles. The molecule has 0 fully saturated rings. The summed E-state index contributed by atoms with van der Waals surface area (Å²) in [6.07, 6.45) is 0. The minimum absolute atomic E-state index is 0.0432. The van der Waals surface area contributed by atoms with Crippen LogP contribution in [-0.4, -0.2) is 31.6 Å². The maximum Gasteiger partial charge on any atom is 0.115 e. The first-order valence-electron chi connectivity index (χ1n) is 4.91. The second-order valence-electron chi connectivity index (χ2n) is 3.03. The summed E-state index contributed by atoms with van der Waals surface area (Å²) in [6.45, 7) is 0.222. The van der Waals surface area contributed by atoms with Crippen molar-refractivity contribution in [3.8, 4) is 0 Å². The molecule has 0 amide bonds. The molecule has 0 atom stereocenters. The first kappa shape index (κ1) is 12.6. The molecule has 16 heavy (non-hydrogen) atoms. The average Bonchev–Trinajstić information content (AvgIpc) is 2.34. The van der Waals surface area contributed by atoms with Crippen molar-refractivity contribution in [2.24, 2.45) is 5.16 Å². The predicted octanol–water partition coefficient (Wildman–Crippen LogP) is 0.680. The standard InChI is InChI=1S/C11H16N2O3/c1-12-16-8-11(13-15-2)10-6-4-3-5-9(10)7-14/h3-6,12,14H,7-8H2,1-2H3.